The summed E-state index contributed by atoms with van der Waals surface area (Å²) in [6.45, 7) is 5.50. The molecule has 2 saturated heterocycles. The molecule has 11 heteroatoms. The van der Waals surface area contributed by atoms with Gasteiger partial charge in [0.05, 0.1) is 29.8 Å². The third kappa shape index (κ3) is 5.01. The van der Waals surface area contributed by atoms with Crippen LogP contribution in [0.4, 0.5) is 14.5 Å². The number of anilines is 1. The molecule has 0 aromatic carbocycles. The number of nitrogens with one attached hydrogen (secondary N) is 2. The van der Waals surface area contributed by atoms with Gasteiger partial charge in [-0.1, -0.05) is 6.92 Å². The average Bonchev–Trinajstić information content (AvgIpc) is 2.83. The van der Waals surface area contributed by atoms with E-state index in [1.165, 1.54) is 11.1 Å². The van der Waals surface area contributed by atoms with Crippen molar-refractivity contribution in [1.29, 1.82) is 0 Å². The van der Waals surface area contributed by atoms with Crippen LogP contribution in [0.3, 0.4) is 0 Å². The molecular weight excluding hydrogens is 456 g/mol. The Bertz CT molecular complexity index is 1300. The first kappa shape index (κ1) is 23.3. The van der Waals surface area contributed by atoms with Gasteiger partial charge in [-0.25, -0.2) is 14.4 Å². The zero-order valence-electron chi connectivity index (χ0n) is 19.4. The maximum Gasteiger partial charge on any atom is 0.284 e. The molecule has 0 atom stereocenters. The van der Waals surface area contributed by atoms with Crippen LogP contribution in [0.15, 0.2) is 35.3 Å². The zero-order valence-corrected chi connectivity index (χ0v) is 19.4. The van der Waals surface area contributed by atoms with Gasteiger partial charge in [-0.05, 0) is 36.2 Å². The number of aryl methyl sites for hydroxylation is 1. The molecule has 3 aromatic rings. The summed E-state index contributed by atoms with van der Waals surface area (Å²) in [7, 11) is 0. The number of aromatic nitrogens is 3. The molecule has 2 aliphatic heterocycles. The molecular formula is C24H27F2N7O2. The number of rotatable bonds is 6. The van der Waals surface area contributed by atoms with Crippen LogP contribution >= 0.6 is 0 Å². The molecule has 2 fully saturated rings. The van der Waals surface area contributed by atoms with E-state index in [1.807, 2.05) is 30.2 Å². The molecule has 0 spiro atoms. The highest BCUT2D eigenvalue weighted by molar-refractivity contribution is 5.92. The molecule has 5 heterocycles. The van der Waals surface area contributed by atoms with Gasteiger partial charge in [-0.15, -0.1) is 0 Å². The molecule has 5 rings (SSSR count). The summed E-state index contributed by atoms with van der Waals surface area (Å²) >= 11 is 0. The lowest BCUT2D eigenvalue weighted by Gasteiger charge is -2.36. The SMILES string of the molecule is CCc1cc2ncc(CN3CCN(c4ccc(C(=O)NN5CC(F)C5)nc4F)CC3)cc2[nH]c1=O. The number of halogens is 2. The Morgan fingerprint density at radius 2 is 1.97 bits per heavy atom. The van der Waals surface area contributed by atoms with E-state index in [4.69, 9.17) is 0 Å². The van der Waals surface area contributed by atoms with Crippen molar-refractivity contribution in [2.75, 3.05) is 44.2 Å². The summed E-state index contributed by atoms with van der Waals surface area (Å²) in [6, 6.07) is 6.84. The quantitative estimate of drug-likeness (QED) is 0.515. The van der Waals surface area contributed by atoms with E-state index in [9.17, 15) is 18.4 Å². The van der Waals surface area contributed by atoms with Crippen LogP contribution in [0.5, 0.6) is 0 Å². The fourth-order valence-corrected chi connectivity index (χ4v) is 4.43. The van der Waals surface area contributed by atoms with E-state index in [1.54, 1.807) is 6.07 Å². The van der Waals surface area contributed by atoms with Crippen molar-refractivity contribution in [3.63, 3.8) is 0 Å². The van der Waals surface area contributed by atoms with Crippen molar-refractivity contribution in [2.45, 2.75) is 26.1 Å². The molecule has 35 heavy (non-hydrogen) atoms. The van der Waals surface area contributed by atoms with E-state index in [0.29, 0.717) is 44.8 Å². The summed E-state index contributed by atoms with van der Waals surface area (Å²) in [5.41, 5.74) is 5.95. The summed E-state index contributed by atoms with van der Waals surface area (Å²) in [6.07, 6.45) is 1.54. The fraction of sp³-hybridized carbons (Fsp3) is 0.417. The number of hydrogen-bond acceptors (Lipinski definition) is 7. The Labute approximate surface area is 200 Å². The highest BCUT2D eigenvalue weighted by Crippen LogP contribution is 2.21. The number of nitrogens with zero attached hydrogens (tertiary/aromatic N) is 5. The lowest BCUT2D eigenvalue weighted by atomic mass is 10.1. The number of amides is 1. The van der Waals surface area contributed by atoms with Crippen LogP contribution in [0.2, 0.25) is 0 Å². The molecule has 0 aliphatic carbocycles. The summed E-state index contributed by atoms with van der Waals surface area (Å²) in [5.74, 6) is -1.25. The van der Waals surface area contributed by atoms with Gasteiger partial charge in [-0.3, -0.25) is 24.9 Å². The molecule has 0 bridgehead atoms. The summed E-state index contributed by atoms with van der Waals surface area (Å²) in [5, 5.41) is 1.44. The minimum absolute atomic E-state index is 0.0416. The highest BCUT2D eigenvalue weighted by atomic mass is 19.1. The van der Waals surface area contributed by atoms with Crippen molar-refractivity contribution in [3.05, 3.63) is 63.6 Å². The van der Waals surface area contributed by atoms with Crippen molar-refractivity contribution in [2.24, 2.45) is 0 Å². The maximum absolute atomic E-state index is 14.7. The first-order valence-corrected chi connectivity index (χ1v) is 11.7. The number of H-pyrrole nitrogens is 1. The van der Waals surface area contributed by atoms with Crippen LogP contribution in [-0.2, 0) is 13.0 Å². The predicted molar refractivity (Wildman–Crippen MR) is 127 cm³/mol. The van der Waals surface area contributed by atoms with Crippen LogP contribution in [-0.4, -0.2) is 76.2 Å². The molecule has 1 amide bonds. The Hall–Kier alpha value is -3.44. The molecule has 184 valence electrons. The second kappa shape index (κ2) is 9.67. The Morgan fingerprint density at radius 1 is 1.20 bits per heavy atom. The number of carbonyl (C=O) groups excluding carboxylic acids is 1. The zero-order chi connectivity index (χ0) is 24.5. The second-order valence-electron chi connectivity index (χ2n) is 8.97. The number of piperazine rings is 1. The number of aromatic amines is 1. The standard InChI is InChI=1S/C24H27F2N7O2/c1-2-16-10-19-20(29-23(16)34)9-15(11-27-19)12-31-5-7-32(8-6-31)21-4-3-18(28-22(21)26)24(35)30-33-13-17(25)14-33/h3-4,9-11,17H,2,5-8,12-14H2,1H3,(H,29,34)(H,30,35). The molecule has 0 unspecified atom stereocenters. The fourth-order valence-electron chi connectivity index (χ4n) is 4.43. The van der Waals surface area contributed by atoms with Crippen molar-refractivity contribution >= 4 is 22.6 Å². The van der Waals surface area contributed by atoms with Crippen LogP contribution in [0.25, 0.3) is 11.0 Å². The number of fused-ring (bicyclic) bond motifs is 1. The molecule has 9 nitrogen and oxygen atoms in total. The number of pyridine rings is 3. The number of hydrogen-bond donors (Lipinski definition) is 2. The third-order valence-electron chi connectivity index (χ3n) is 6.48. The normalized spacial score (nSPS) is 17.5. The third-order valence-corrected chi connectivity index (χ3v) is 6.48. The number of hydrazine groups is 1. The van der Waals surface area contributed by atoms with Gasteiger partial charge in [-0.2, -0.15) is 4.39 Å². The average molecular weight is 484 g/mol. The minimum Gasteiger partial charge on any atom is -0.365 e. The van der Waals surface area contributed by atoms with E-state index in [-0.39, 0.29) is 24.3 Å². The van der Waals surface area contributed by atoms with Crippen LogP contribution in [0, 0.1) is 5.95 Å². The van der Waals surface area contributed by atoms with Crippen molar-refractivity contribution in [3.8, 4) is 0 Å². The smallest absolute Gasteiger partial charge is 0.284 e. The van der Waals surface area contributed by atoms with E-state index < -0.39 is 18.0 Å². The summed E-state index contributed by atoms with van der Waals surface area (Å²) < 4.78 is 27.6. The van der Waals surface area contributed by atoms with Gasteiger partial charge in [0.15, 0.2) is 0 Å². The van der Waals surface area contributed by atoms with Crippen molar-refractivity contribution < 1.29 is 13.6 Å². The number of carbonyl (C=O) groups is 1. The first-order chi connectivity index (χ1) is 16.9. The summed E-state index contributed by atoms with van der Waals surface area (Å²) in [4.78, 5) is 39.7. The van der Waals surface area contributed by atoms with Gasteiger partial charge in [0.1, 0.15) is 11.9 Å². The maximum atomic E-state index is 14.7. The molecule has 3 aromatic heterocycles. The number of alkyl halides is 1. The monoisotopic (exact) mass is 483 g/mol. The topological polar surface area (TPSA) is 97.5 Å². The Balaban J connectivity index is 1.18. The molecule has 0 radical (unpaired) electrons. The lowest BCUT2D eigenvalue weighted by molar-refractivity contribution is 0.0189. The molecule has 0 saturated carbocycles. The van der Waals surface area contributed by atoms with Gasteiger partial charge in [0.2, 0.25) is 5.95 Å². The van der Waals surface area contributed by atoms with Crippen molar-refractivity contribution in [1.82, 2.24) is 30.3 Å². The van der Waals surface area contributed by atoms with E-state index in [0.717, 1.165) is 22.2 Å². The molecule has 2 aliphatic rings. The van der Waals surface area contributed by atoms with Crippen LogP contribution in [0.1, 0.15) is 28.5 Å². The predicted octanol–water partition coefficient (Wildman–Crippen LogP) is 1.64. The Kier molecular flexibility index (Phi) is 6.44. The van der Waals surface area contributed by atoms with Gasteiger partial charge < -0.3 is 9.88 Å². The lowest BCUT2D eigenvalue weighted by Crippen LogP contribution is -2.57. The van der Waals surface area contributed by atoms with Gasteiger partial charge in [0.25, 0.3) is 11.5 Å². The van der Waals surface area contributed by atoms with E-state index in [2.05, 4.69) is 25.3 Å². The van der Waals surface area contributed by atoms with Crippen LogP contribution < -0.4 is 15.9 Å². The Morgan fingerprint density at radius 3 is 2.66 bits per heavy atom. The van der Waals surface area contributed by atoms with Gasteiger partial charge in [0, 0.05) is 44.5 Å². The first-order valence-electron chi connectivity index (χ1n) is 11.7. The van der Waals surface area contributed by atoms with Gasteiger partial charge >= 0.3 is 0 Å². The molecule has 2 N–H and O–H groups in total. The largest absolute Gasteiger partial charge is 0.365 e. The second-order valence-corrected chi connectivity index (χ2v) is 8.97. The van der Waals surface area contributed by atoms with E-state index >= 15 is 0 Å². The highest BCUT2D eigenvalue weighted by Gasteiger charge is 2.28. The minimum atomic E-state index is -0.948.